The molecule has 124 valence electrons. The van der Waals surface area contributed by atoms with Crippen molar-refractivity contribution in [3.63, 3.8) is 0 Å². The van der Waals surface area contributed by atoms with Crippen LogP contribution >= 0.6 is 11.6 Å². The molecule has 3 heterocycles. The molecule has 8 heteroatoms. The highest BCUT2D eigenvalue weighted by Gasteiger charge is 2.30. The Morgan fingerprint density at radius 1 is 1.39 bits per heavy atom. The highest BCUT2D eigenvalue weighted by atomic mass is 35.5. The van der Waals surface area contributed by atoms with Gasteiger partial charge in [-0.25, -0.2) is 0 Å². The molecule has 0 amide bonds. The summed E-state index contributed by atoms with van der Waals surface area (Å²) in [7, 11) is -3.67. The first kappa shape index (κ1) is 16.2. The summed E-state index contributed by atoms with van der Waals surface area (Å²) in [6.07, 6.45) is 4.29. The van der Waals surface area contributed by atoms with E-state index < -0.39 is 10.1 Å². The van der Waals surface area contributed by atoms with Gasteiger partial charge in [0.1, 0.15) is 0 Å². The monoisotopic (exact) mass is 355 g/mol. The summed E-state index contributed by atoms with van der Waals surface area (Å²) in [6, 6.07) is 6.06. The number of H-pyrrole nitrogens is 1. The Bertz CT molecular complexity index is 881. The fraction of sp³-hybridized carbons (Fsp3) is 0.333. The number of hydrogen-bond donors (Lipinski definition) is 3. The Balaban J connectivity index is 0.000000276. The molecule has 0 saturated heterocycles. The van der Waals surface area contributed by atoms with Crippen molar-refractivity contribution in [1.82, 2.24) is 15.2 Å². The van der Waals surface area contributed by atoms with E-state index in [1.165, 1.54) is 27.9 Å². The Morgan fingerprint density at radius 3 is 2.78 bits per heavy atom. The average molecular weight is 356 g/mol. The predicted octanol–water partition coefficient (Wildman–Crippen LogP) is 2.43. The molecule has 4 rings (SSSR count). The Hall–Kier alpha value is -1.70. The second-order valence-corrected chi connectivity index (χ2v) is 7.62. The number of nitrogens with zero attached hydrogens (tertiary/aromatic N) is 1. The molecule has 6 nitrogen and oxygen atoms in total. The van der Waals surface area contributed by atoms with Crippen molar-refractivity contribution in [1.29, 1.82) is 0 Å². The molecule has 0 radical (unpaired) electrons. The van der Waals surface area contributed by atoms with Crippen molar-refractivity contribution in [2.75, 3.05) is 12.8 Å². The number of hydrogen-bond acceptors (Lipinski definition) is 4. The molecule has 1 aromatic heterocycles. The van der Waals surface area contributed by atoms with Gasteiger partial charge in [-0.3, -0.25) is 4.55 Å². The molecular formula is C15H18ClN3O3S. The molecule has 2 aromatic rings. The standard InChI is InChI=1S/C14H14ClN3.CH4O3S/c1-8-16-7-13-14-10(4-5-18(8)13)11-6-9(15)2-3-12(11)17-14;1-5(2,3)4/h2-3,6-8,16-17H,4-5H2,1H3;1H3,(H,2,3,4). The lowest BCUT2D eigenvalue weighted by Crippen LogP contribution is -2.37. The Kier molecular flexibility index (Phi) is 4.03. The zero-order chi connectivity index (χ0) is 16.8. The van der Waals surface area contributed by atoms with Crippen LogP contribution in [0.2, 0.25) is 5.02 Å². The van der Waals surface area contributed by atoms with Crippen LogP contribution in [-0.4, -0.2) is 41.8 Å². The molecule has 2 aliphatic heterocycles. The minimum atomic E-state index is -3.67. The number of nitrogens with one attached hydrogen (secondary N) is 2. The van der Waals surface area contributed by atoms with Crippen LogP contribution in [0.4, 0.5) is 0 Å². The van der Waals surface area contributed by atoms with E-state index in [0.717, 1.165) is 18.0 Å². The number of aromatic amines is 1. The maximum absolute atomic E-state index is 9.19. The Morgan fingerprint density at radius 2 is 2.09 bits per heavy atom. The zero-order valence-electron chi connectivity index (χ0n) is 12.8. The first-order chi connectivity index (χ1) is 10.7. The molecule has 0 spiro atoms. The van der Waals surface area contributed by atoms with E-state index in [9.17, 15) is 8.42 Å². The summed E-state index contributed by atoms with van der Waals surface area (Å²) < 4.78 is 25.9. The predicted molar refractivity (Wildman–Crippen MR) is 91.8 cm³/mol. The summed E-state index contributed by atoms with van der Waals surface area (Å²) >= 11 is 6.10. The van der Waals surface area contributed by atoms with Crippen LogP contribution in [0.3, 0.4) is 0 Å². The SMILES string of the molecule is CC1NC=C2c3[nH]c4ccc(Cl)cc4c3CCN21.CS(=O)(=O)O. The summed E-state index contributed by atoms with van der Waals surface area (Å²) in [4.78, 5) is 5.93. The van der Waals surface area contributed by atoms with E-state index in [1.54, 1.807) is 0 Å². The van der Waals surface area contributed by atoms with Crippen LogP contribution in [-0.2, 0) is 16.5 Å². The van der Waals surface area contributed by atoms with E-state index in [0.29, 0.717) is 12.4 Å². The number of aromatic nitrogens is 1. The maximum Gasteiger partial charge on any atom is 0.261 e. The third-order valence-corrected chi connectivity index (χ3v) is 4.20. The molecule has 3 N–H and O–H groups in total. The van der Waals surface area contributed by atoms with Gasteiger partial charge in [-0.2, -0.15) is 8.42 Å². The number of fused-ring (bicyclic) bond motifs is 5. The van der Waals surface area contributed by atoms with Gasteiger partial charge in [0.05, 0.1) is 23.8 Å². The first-order valence-corrected chi connectivity index (χ1v) is 9.42. The van der Waals surface area contributed by atoms with Gasteiger partial charge < -0.3 is 15.2 Å². The fourth-order valence-electron chi connectivity index (χ4n) is 3.04. The largest absolute Gasteiger partial charge is 0.370 e. The molecular weight excluding hydrogens is 338 g/mol. The molecule has 23 heavy (non-hydrogen) atoms. The van der Waals surface area contributed by atoms with Crippen molar-refractivity contribution in [3.05, 3.63) is 40.7 Å². The molecule has 0 bridgehead atoms. The second kappa shape index (κ2) is 5.74. The summed E-state index contributed by atoms with van der Waals surface area (Å²) in [5.74, 6) is 0. The van der Waals surface area contributed by atoms with Gasteiger partial charge in [0.25, 0.3) is 10.1 Å². The highest BCUT2D eigenvalue weighted by Crippen LogP contribution is 2.36. The first-order valence-electron chi connectivity index (χ1n) is 7.20. The summed E-state index contributed by atoms with van der Waals surface area (Å²) in [5, 5.41) is 5.44. The van der Waals surface area contributed by atoms with Crippen molar-refractivity contribution in [2.24, 2.45) is 0 Å². The van der Waals surface area contributed by atoms with E-state index in [4.69, 9.17) is 16.2 Å². The molecule has 1 aromatic carbocycles. The van der Waals surface area contributed by atoms with Crippen molar-refractivity contribution < 1.29 is 13.0 Å². The summed E-state index contributed by atoms with van der Waals surface area (Å²) in [6.45, 7) is 3.25. The van der Waals surface area contributed by atoms with E-state index in [1.807, 2.05) is 6.07 Å². The molecule has 2 aliphatic rings. The molecule has 1 atom stereocenters. The van der Waals surface area contributed by atoms with Crippen LogP contribution in [0.15, 0.2) is 24.4 Å². The van der Waals surface area contributed by atoms with Crippen LogP contribution in [0.1, 0.15) is 18.2 Å². The minimum absolute atomic E-state index is 0.392. The quantitative estimate of drug-likeness (QED) is 0.632. The van der Waals surface area contributed by atoms with Crippen molar-refractivity contribution >= 4 is 38.3 Å². The third-order valence-electron chi connectivity index (χ3n) is 3.97. The Labute approximate surface area is 139 Å². The minimum Gasteiger partial charge on any atom is -0.370 e. The van der Waals surface area contributed by atoms with Gasteiger partial charge in [0.15, 0.2) is 0 Å². The van der Waals surface area contributed by atoms with Crippen LogP contribution in [0.25, 0.3) is 16.6 Å². The van der Waals surface area contributed by atoms with Crippen molar-refractivity contribution in [2.45, 2.75) is 19.5 Å². The third kappa shape index (κ3) is 3.31. The lowest BCUT2D eigenvalue weighted by Gasteiger charge is -2.30. The van der Waals surface area contributed by atoms with E-state index in [-0.39, 0.29) is 0 Å². The van der Waals surface area contributed by atoms with Crippen LogP contribution in [0.5, 0.6) is 0 Å². The highest BCUT2D eigenvalue weighted by molar-refractivity contribution is 7.85. The fourth-order valence-corrected chi connectivity index (χ4v) is 3.21. The zero-order valence-corrected chi connectivity index (χ0v) is 14.4. The lowest BCUT2D eigenvalue weighted by molar-refractivity contribution is 0.308. The van der Waals surface area contributed by atoms with Gasteiger partial charge in [0, 0.05) is 28.7 Å². The maximum atomic E-state index is 9.19. The van der Waals surface area contributed by atoms with Gasteiger partial charge >= 0.3 is 0 Å². The van der Waals surface area contributed by atoms with E-state index >= 15 is 0 Å². The average Bonchev–Trinajstić information content (AvgIpc) is 2.98. The molecule has 1 unspecified atom stereocenters. The summed E-state index contributed by atoms with van der Waals surface area (Å²) in [5.41, 5.74) is 5.09. The normalized spacial score (nSPS) is 19.4. The van der Waals surface area contributed by atoms with Gasteiger partial charge in [-0.15, -0.1) is 0 Å². The smallest absolute Gasteiger partial charge is 0.261 e. The number of halogens is 1. The molecule has 0 saturated carbocycles. The molecule has 0 aliphatic carbocycles. The van der Waals surface area contributed by atoms with Gasteiger partial charge in [0.2, 0.25) is 0 Å². The van der Waals surface area contributed by atoms with Gasteiger partial charge in [-0.1, -0.05) is 11.6 Å². The van der Waals surface area contributed by atoms with Crippen molar-refractivity contribution in [3.8, 4) is 0 Å². The van der Waals surface area contributed by atoms with Crippen LogP contribution in [0, 0.1) is 0 Å². The molecule has 0 fully saturated rings. The van der Waals surface area contributed by atoms with Gasteiger partial charge in [-0.05, 0) is 37.1 Å². The van der Waals surface area contributed by atoms with E-state index in [2.05, 4.69) is 40.5 Å². The lowest BCUT2D eigenvalue weighted by atomic mass is 10.0. The number of rotatable bonds is 0. The second-order valence-electron chi connectivity index (χ2n) is 5.72. The number of benzene rings is 1. The topological polar surface area (TPSA) is 85.4 Å². The van der Waals surface area contributed by atoms with Crippen LogP contribution < -0.4 is 5.32 Å².